The van der Waals surface area contributed by atoms with Crippen molar-refractivity contribution in [2.45, 2.75) is 18.9 Å². The third kappa shape index (κ3) is 4.47. The molecule has 1 saturated heterocycles. The van der Waals surface area contributed by atoms with Crippen LogP contribution in [-0.4, -0.2) is 25.2 Å². The second-order valence-corrected chi connectivity index (χ2v) is 5.52. The van der Waals surface area contributed by atoms with Crippen molar-refractivity contribution in [1.29, 1.82) is 5.26 Å². The van der Waals surface area contributed by atoms with Gasteiger partial charge in [0.2, 0.25) is 0 Å². The molecule has 1 aliphatic rings. The minimum Gasteiger partial charge on any atom is -0.376 e. The highest BCUT2D eigenvalue weighted by atomic mass is 35.5. The number of nitrogens with zero attached hydrogens (tertiary/aromatic N) is 1. The Bertz CT molecular complexity index is 602. The van der Waals surface area contributed by atoms with E-state index in [0.717, 1.165) is 19.4 Å². The molecule has 4 nitrogen and oxygen atoms in total. The Hall–Kier alpha value is -1.54. The fourth-order valence-electron chi connectivity index (χ4n) is 2.03. The van der Waals surface area contributed by atoms with Gasteiger partial charge in [0.1, 0.15) is 11.6 Å². The van der Waals surface area contributed by atoms with Crippen LogP contribution in [0, 0.1) is 11.3 Å². The standard InChI is InChI=1S/C15H14Cl2N2O2/c16-12-4-3-10(14(17)7-12)6-11(8-18)15(20)19-9-13-2-1-5-21-13/h3-4,6-7,13H,1-2,5,9H2,(H,19,20). The molecule has 1 unspecified atom stereocenters. The number of nitriles is 1. The molecule has 0 aromatic heterocycles. The molecule has 1 N–H and O–H groups in total. The number of amides is 1. The Morgan fingerprint density at radius 1 is 1.52 bits per heavy atom. The third-order valence-corrected chi connectivity index (χ3v) is 3.70. The first-order chi connectivity index (χ1) is 10.1. The van der Waals surface area contributed by atoms with Gasteiger partial charge in [0.25, 0.3) is 5.91 Å². The Labute approximate surface area is 133 Å². The van der Waals surface area contributed by atoms with Crippen LogP contribution in [-0.2, 0) is 9.53 Å². The molecule has 0 saturated carbocycles. The maximum Gasteiger partial charge on any atom is 0.262 e. The van der Waals surface area contributed by atoms with Gasteiger partial charge >= 0.3 is 0 Å². The van der Waals surface area contributed by atoms with E-state index in [1.807, 2.05) is 6.07 Å². The molecule has 1 fully saturated rings. The molecular formula is C15H14Cl2N2O2. The summed E-state index contributed by atoms with van der Waals surface area (Å²) in [6.45, 7) is 1.13. The van der Waals surface area contributed by atoms with Crippen LogP contribution in [0.5, 0.6) is 0 Å². The van der Waals surface area contributed by atoms with Crippen molar-refractivity contribution in [3.63, 3.8) is 0 Å². The van der Waals surface area contributed by atoms with Gasteiger partial charge in [0, 0.05) is 23.2 Å². The summed E-state index contributed by atoms with van der Waals surface area (Å²) in [5.74, 6) is -0.431. The number of benzene rings is 1. The second kappa shape index (κ2) is 7.46. The van der Waals surface area contributed by atoms with Crippen LogP contribution in [0.2, 0.25) is 10.0 Å². The van der Waals surface area contributed by atoms with Crippen molar-refractivity contribution in [1.82, 2.24) is 5.32 Å². The number of carbonyl (C=O) groups is 1. The highest BCUT2D eigenvalue weighted by molar-refractivity contribution is 6.35. The summed E-state index contributed by atoms with van der Waals surface area (Å²) in [5, 5.41) is 12.7. The van der Waals surface area contributed by atoms with Gasteiger partial charge in [-0.25, -0.2) is 0 Å². The molecule has 21 heavy (non-hydrogen) atoms. The van der Waals surface area contributed by atoms with Crippen LogP contribution < -0.4 is 5.32 Å². The average Bonchev–Trinajstić information content (AvgIpc) is 2.97. The molecule has 110 valence electrons. The fourth-order valence-corrected chi connectivity index (χ4v) is 2.49. The lowest BCUT2D eigenvalue weighted by Crippen LogP contribution is -2.32. The van der Waals surface area contributed by atoms with Gasteiger partial charge in [-0.2, -0.15) is 5.26 Å². The lowest BCUT2D eigenvalue weighted by molar-refractivity contribution is -0.117. The van der Waals surface area contributed by atoms with E-state index in [9.17, 15) is 4.79 Å². The van der Waals surface area contributed by atoms with Crippen molar-refractivity contribution in [3.8, 4) is 6.07 Å². The van der Waals surface area contributed by atoms with Gasteiger partial charge < -0.3 is 10.1 Å². The number of carbonyl (C=O) groups excluding carboxylic acids is 1. The molecule has 2 rings (SSSR count). The molecule has 1 heterocycles. The van der Waals surface area contributed by atoms with Crippen molar-refractivity contribution in [2.75, 3.05) is 13.2 Å². The van der Waals surface area contributed by atoms with Crippen molar-refractivity contribution >= 4 is 35.2 Å². The number of halogens is 2. The quantitative estimate of drug-likeness (QED) is 0.683. The van der Waals surface area contributed by atoms with Gasteiger partial charge in [-0.05, 0) is 36.6 Å². The highest BCUT2D eigenvalue weighted by Gasteiger charge is 2.17. The van der Waals surface area contributed by atoms with Crippen LogP contribution in [0.1, 0.15) is 18.4 Å². The minimum absolute atomic E-state index is 0.00257. The minimum atomic E-state index is -0.431. The normalized spacial score (nSPS) is 18.3. The van der Waals surface area contributed by atoms with Crippen LogP contribution in [0.25, 0.3) is 6.08 Å². The predicted molar refractivity (Wildman–Crippen MR) is 82.0 cm³/mol. The Balaban J connectivity index is 2.05. The molecule has 1 amide bonds. The van der Waals surface area contributed by atoms with Crippen LogP contribution in [0.4, 0.5) is 0 Å². The second-order valence-electron chi connectivity index (χ2n) is 4.68. The summed E-state index contributed by atoms with van der Waals surface area (Å²) in [4.78, 5) is 12.0. The first-order valence-electron chi connectivity index (χ1n) is 6.57. The smallest absolute Gasteiger partial charge is 0.262 e. The van der Waals surface area contributed by atoms with E-state index in [2.05, 4.69) is 5.32 Å². The topological polar surface area (TPSA) is 62.1 Å². The molecule has 6 heteroatoms. The molecule has 1 aliphatic heterocycles. The maximum atomic E-state index is 12.0. The van der Waals surface area contributed by atoms with E-state index in [1.165, 1.54) is 6.08 Å². The highest BCUT2D eigenvalue weighted by Crippen LogP contribution is 2.23. The molecule has 0 aliphatic carbocycles. The van der Waals surface area contributed by atoms with Gasteiger partial charge in [0.15, 0.2) is 0 Å². The molecular weight excluding hydrogens is 311 g/mol. The number of nitrogens with one attached hydrogen (secondary N) is 1. The van der Waals surface area contributed by atoms with Gasteiger partial charge in [-0.1, -0.05) is 29.3 Å². The molecule has 0 bridgehead atoms. The maximum absolute atomic E-state index is 12.0. The summed E-state index contributed by atoms with van der Waals surface area (Å²) in [6, 6.07) is 6.76. The van der Waals surface area contributed by atoms with Crippen LogP contribution in [0.15, 0.2) is 23.8 Å². The summed E-state index contributed by atoms with van der Waals surface area (Å²) >= 11 is 11.8. The van der Waals surface area contributed by atoms with Crippen molar-refractivity contribution in [3.05, 3.63) is 39.4 Å². The fraction of sp³-hybridized carbons (Fsp3) is 0.333. The zero-order chi connectivity index (χ0) is 15.2. The Kier molecular flexibility index (Phi) is 5.63. The first-order valence-corrected chi connectivity index (χ1v) is 7.32. The van der Waals surface area contributed by atoms with E-state index in [-0.39, 0.29) is 11.7 Å². The Morgan fingerprint density at radius 3 is 2.95 bits per heavy atom. The van der Waals surface area contributed by atoms with E-state index in [4.69, 9.17) is 33.2 Å². The van der Waals surface area contributed by atoms with Crippen molar-refractivity contribution in [2.24, 2.45) is 0 Å². The zero-order valence-electron chi connectivity index (χ0n) is 11.2. The number of hydrogen-bond acceptors (Lipinski definition) is 3. The summed E-state index contributed by atoms with van der Waals surface area (Å²) < 4.78 is 5.41. The van der Waals surface area contributed by atoms with Crippen molar-refractivity contribution < 1.29 is 9.53 Å². The zero-order valence-corrected chi connectivity index (χ0v) is 12.7. The third-order valence-electron chi connectivity index (χ3n) is 3.14. The van der Waals surface area contributed by atoms with Gasteiger partial charge in [-0.3, -0.25) is 4.79 Å². The average molecular weight is 325 g/mol. The number of hydrogen-bond donors (Lipinski definition) is 1. The monoisotopic (exact) mass is 324 g/mol. The number of ether oxygens (including phenoxy) is 1. The van der Waals surface area contributed by atoms with Gasteiger partial charge in [0.05, 0.1) is 6.10 Å². The lowest BCUT2D eigenvalue weighted by Gasteiger charge is -2.10. The summed E-state index contributed by atoms with van der Waals surface area (Å²) in [7, 11) is 0. The summed E-state index contributed by atoms with van der Waals surface area (Å²) in [5.41, 5.74) is 0.571. The molecule has 1 aromatic carbocycles. The van der Waals surface area contributed by atoms with Crippen LogP contribution >= 0.6 is 23.2 Å². The first kappa shape index (κ1) is 15.8. The predicted octanol–water partition coefficient (Wildman–Crippen LogP) is 3.20. The molecule has 0 radical (unpaired) electrons. The number of rotatable bonds is 4. The molecule has 1 atom stereocenters. The van der Waals surface area contributed by atoms with E-state index >= 15 is 0 Å². The summed E-state index contributed by atoms with van der Waals surface area (Å²) in [6.07, 6.45) is 3.41. The largest absolute Gasteiger partial charge is 0.376 e. The molecule has 0 spiro atoms. The van der Waals surface area contributed by atoms with E-state index in [0.29, 0.717) is 22.2 Å². The SMILES string of the molecule is N#CC(=Cc1ccc(Cl)cc1Cl)C(=O)NCC1CCCO1. The van der Waals surface area contributed by atoms with Gasteiger partial charge in [-0.15, -0.1) is 0 Å². The van der Waals surface area contributed by atoms with E-state index < -0.39 is 5.91 Å². The molecule has 1 aromatic rings. The van der Waals surface area contributed by atoms with E-state index in [1.54, 1.807) is 18.2 Å². The Morgan fingerprint density at radius 2 is 2.33 bits per heavy atom. The lowest BCUT2D eigenvalue weighted by atomic mass is 10.1. The van der Waals surface area contributed by atoms with Crippen LogP contribution in [0.3, 0.4) is 0 Å².